The summed E-state index contributed by atoms with van der Waals surface area (Å²) in [4.78, 5) is 16.4. The van der Waals surface area contributed by atoms with Gasteiger partial charge in [-0.1, -0.05) is 18.2 Å². The average Bonchev–Trinajstić information content (AvgIpc) is 3.18. The van der Waals surface area contributed by atoms with Gasteiger partial charge in [-0.15, -0.1) is 11.3 Å². The van der Waals surface area contributed by atoms with E-state index in [0.717, 1.165) is 22.8 Å². The lowest BCUT2D eigenvalue weighted by atomic mass is 10.2. The third-order valence-electron chi connectivity index (χ3n) is 3.68. The molecular formula is C21H22N2O4S. The Balaban J connectivity index is 1.40. The number of amides is 1. The molecule has 0 aliphatic carbocycles. The van der Waals surface area contributed by atoms with Crippen molar-refractivity contribution in [3.63, 3.8) is 0 Å². The first-order valence-corrected chi connectivity index (χ1v) is 9.87. The number of nitrogens with zero attached hydrogens (tertiary/aromatic N) is 1. The number of aromatic nitrogens is 1. The summed E-state index contributed by atoms with van der Waals surface area (Å²) in [6.45, 7) is 3.25. The first-order valence-electron chi connectivity index (χ1n) is 8.99. The van der Waals surface area contributed by atoms with Gasteiger partial charge in [-0.05, 0) is 43.3 Å². The predicted molar refractivity (Wildman–Crippen MR) is 110 cm³/mol. The van der Waals surface area contributed by atoms with Crippen LogP contribution in [-0.2, 0) is 9.53 Å². The lowest BCUT2D eigenvalue weighted by Gasteiger charge is -2.06. The number of benzene rings is 2. The molecule has 1 heterocycles. The average molecular weight is 398 g/mol. The van der Waals surface area contributed by atoms with Crippen LogP contribution in [0.1, 0.15) is 6.92 Å². The maximum absolute atomic E-state index is 12.0. The van der Waals surface area contributed by atoms with Crippen molar-refractivity contribution in [2.24, 2.45) is 0 Å². The van der Waals surface area contributed by atoms with Crippen LogP contribution < -0.4 is 14.8 Å². The first-order chi connectivity index (χ1) is 13.7. The van der Waals surface area contributed by atoms with E-state index in [1.54, 1.807) is 0 Å². The van der Waals surface area contributed by atoms with Crippen LogP contribution >= 0.6 is 11.3 Å². The zero-order chi connectivity index (χ0) is 19.6. The van der Waals surface area contributed by atoms with E-state index in [9.17, 15) is 4.79 Å². The van der Waals surface area contributed by atoms with Gasteiger partial charge in [0.05, 0.1) is 18.9 Å². The molecular weight excluding hydrogens is 376 g/mol. The summed E-state index contributed by atoms with van der Waals surface area (Å²) < 4.78 is 16.3. The monoisotopic (exact) mass is 398 g/mol. The van der Waals surface area contributed by atoms with Crippen LogP contribution in [0, 0.1) is 0 Å². The topological polar surface area (TPSA) is 69.7 Å². The Morgan fingerprint density at radius 2 is 1.75 bits per heavy atom. The summed E-state index contributed by atoms with van der Waals surface area (Å²) in [5, 5.41) is 5.19. The molecule has 0 saturated heterocycles. The number of carbonyl (C=O) groups excluding carboxylic acids is 1. The van der Waals surface area contributed by atoms with Crippen molar-refractivity contribution < 1.29 is 19.0 Å². The van der Waals surface area contributed by atoms with Gasteiger partial charge in [-0.25, -0.2) is 4.98 Å². The Kier molecular flexibility index (Phi) is 7.40. The summed E-state index contributed by atoms with van der Waals surface area (Å²) in [6.07, 6.45) is 0. The van der Waals surface area contributed by atoms with E-state index >= 15 is 0 Å². The van der Waals surface area contributed by atoms with Crippen molar-refractivity contribution in [3.05, 3.63) is 60.0 Å². The van der Waals surface area contributed by atoms with E-state index < -0.39 is 0 Å². The minimum Gasteiger partial charge on any atom is -0.494 e. The first kappa shape index (κ1) is 19.9. The molecule has 1 N–H and O–H groups in total. The Morgan fingerprint density at radius 3 is 2.50 bits per heavy atom. The minimum atomic E-state index is -0.243. The number of ether oxygens (including phenoxy) is 3. The number of para-hydroxylation sites is 1. The molecule has 0 aliphatic heterocycles. The summed E-state index contributed by atoms with van der Waals surface area (Å²) in [6, 6.07) is 17.2. The van der Waals surface area contributed by atoms with Gasteiger partial charge < -0.3 is 14.2 Å². The molecule has 0 radical (unpaired) electrons. The molecule has 1 amide bonds. The molecule has 3 rings (SSSR count). The number of nitrogens with one attached hydrogen (secondary N) is 1. The zero-order valence-corrected chi connectivity index (χ0v) is 16.4. The second-order valence-electron chi connectivity index (χ2n) is 5.76. The molecule has 7 heteroatoms. The van der Waals surface area contributed by atoms with Crippen LogP contribution in [0.2, 0.25) is 0 Å². The van der Waals surface area contributed by atoms with Crippen molar-refractivity contribution in [1.29, 1.82) is 0 Å². The smallest absolute Gasteiger partial charge is 0.252 e. The molecule has 28 heavy (non-hydrogen) atoms. The fourth-order valence-electron chi connectivity index (χ4n) is 2.41. The molecule has 0 spiro atoms. The van der Waals surface area contributed by atoms with Crippen LogP contribution in [0.5, 0.6) is 11.5 Å². The molecule has 0 bridgehead atoms. The summed E-state index contributed by atoms with van der Waals surface area (Å²) in [5.74, 6) is 1.36. The van der Waals surface area contributed by atoms with E-state index in [0.29, 0.717) is 25.0 Å². The van der Waals surface area contributed by atoms with Gasteiger partial charge in [0.25, 0.3) is 5.91 Å². The second-order valence-corrected chi connectivity index (χ2v) is 6.62. The van der Waals surface area contributed by atoms with Crippen molar-refractivity contribution in [2.45, 2.75) is 6.92 Å². The third-order valence-corrected chi connectivity index (χ3v) is 4.44. The van der Waals surface area contributed by atoms with Crippen molar-refractivity contribution in [2.75, 3.05) is 31.7 Å². The molecule has 2 aromatic carbocycles. The van der Waals surface area contributed by atoms with Crippen LogP contribution in [0.3, 0.4) is 0 Å². The number of rotatable bonds is 10. The van der Waals surface area contributed by atoms with E-state index in [1.165, 1.54) is 11.3 Å². The van der Waals surface area contributed by atoms with Crippen molar-refractivity contribution in [3.8, 4) is 22.8 Å². The van der Waals surface area contributed by atoms with Crippen LogP contribution in [0.25, 0.3) is 11.3 Å². The van der Waals surface area contributed by atoms with E-state index in [-0.39, 0.29) is 12.5 Å². The summed E-state index contributed by atoms with van der Waals surface area (Å²) in [5.41, 5.74) is 1.77. The van der Waals surface area contributed by atoms with Crippen molar-refractivity contribution >= 4 is 22.4 Å². The van der Waals surface area contributed by atoms with Crippen LogP contribution in [0.15, 0.2) is 60.0 Å². The van der Waals surface area contributed by atoms with Gasteiger partial charge in [0.1, 0.15) is 24.7 Å². The Bertz CT molecular complexity index is 866. The largest absolute Gasteiger partial charge is 0.494 e. The molecule has 6 nitrogen and oxygen atoms in total. The lowest BCUT2D eigenvalue weighted by Crippen LogP contribution is -2.20. The fourth-order valence-corrected chi connectivity index (χ4v) is 3.14. The Morgan fingerprint density at radius 1 is 1.00 bits per heavy atom. The van der Waals surface area contributed by atoms with Crippen LogP contribution in [0.4, 0.5) is 5.13 Å². The molecule has 146 valence electrons. The number of thiazole rings is 1. The highest BCUT2D eigenvalue weighted by Gasteiger charge is 2.08. The predicted octanol–water partition coefficient (Wildman–Crippen LogP) is 4.24. The normalized spacial score (nSPS) is 10.5. The number of hydrogen-bond donors (Lipinski definition) is 1. The highest BCUT2D eigenvalue weighted by atomic mass is 32.1. The minimum absolute atomic E-state index is 0.0455. The molecule has 0 atom stereocenters. The van der Waals surface area contributed by atoms with Crippen molar-refractivity contribution in [1.82, 2.24) is 4.98 Å². The maximum Gasteiger partial charge on any atom is 0.252 e. The highest BCUT2D eigenvalue weighted by Crippen LogP contribution is 2.26. The highest BCUT2D eigenvalue weighted by molar-refractivity contribution is 7.14. The number of hydrogen-bond acceptors (Lipinski definition) is 6. The van der Waals surface area contributed by atoms with E-state index in [1.807, 2.05) is 66.9 Å². The van der Waals surface area contributed by atoms with Gasteiger partial charge in [0.15, 0.2) is 5.13 Å². The molecule has 0 unspecified atom stereocenters. The second kappa shape index (κ2) is 10.4. The quantitative estimate of drug-likeness (QED) is 0.517. The summed E-state index contributed by atoms with van der Waals surface area (Å²) in [7, 11) is 0. The Labute approximate surface area is 168 Å². The molecule has 0 saturated carbocycles. The van der Waals surface area contributed by atoms with Gasteiger partial charge in [-0.3, -0.25) is 10.1 Å². The Hall–Kier alpha value is -2.90. The third kappa shape index (κ3) is 6.07. The zero-order valence-electron chi connectivity index (χ0n) is 15.6. The molecule has 0 aliphatic rings. The van der Waals surface area contributed by atoms with E-state index in [2.05, 4.69) is 10.3 Å². The van der Waals surface area contributed by atoms with Gasteiger partial charge in [-0.2, -0.15) is 0 Å². The standard InChI is InChI=1S/C21H22N2O4S/c1-2-26-18-10-8-16(9-11-18)19-15-28-21(22-19)23-20(24)14-25-12-13-27-17-6-4-3-5-7-17/h3-11,15H,2,12-14H2,1H3,(H,22,23,24). The molecule has 3 aromatic rings. The van der Waals surface area contributed by atoms with Gasteiger partial charge >= 0.3 is 0 Å². The number of anilines is 1. The molecule has 1 aromatic heterocycles. The van der Waals surface area contributed by atoms with Crippen LogP contribution in [-0.4, -0.2) is 37.3 Å². The number of carbonyl (C=O) groups is 1. The van der Waals surface area contributed by atoms with Gasteiger partial charge in [0, 0.05) is 10.9 Å². The SMILES string of the molecule is CCOc1ccc(-c2csc(NC(=O)COCCOc3ccccc3)n2)cc1. The van der Waals surface area contributed by atoms with Gasteiger partial charge in [0.2, 0.25) is 0 Å². The molecule has 0 fully saturated rings. The maximum atomic E-state index is 12.0. The summed E-state index contributed by atoms with van der Waals surface area (Å²) >= 11 is 1.37. The van der Waals surface area contributed by atoms with E-state index in [4.69, 9.17) is 14.2 Å². The lowest BCUT2D eigenvalue weighted by molar-refractivity contribution is -0.120. The fraction of sp³-hybridized carbons (Fsp3) is 0.238.